The number of rotatable bonds is 8. The zero-order valence-electron chi connectivity index (χ0n) is 18.5. The Balaban J connectivity index is 1.76. The second-order valence-electron chi connectivity index (χ2n) is 7.50. The summed E-state index contributed by atoms with van der Waals surface area (Å²) in [6.45, 7) is 9.15. The highest BCUT2D eigenvalue weighted by Crippen LogP contribution is 2.14. The normalized spacial score (nSPS) is 12.3. The number of nitrogens with zero attached hydrogens (tertiary/aromatic N) is 1. The van der Waals surface area contributed by atoms with Crippen LogP contribution in [-0.2, 0) is 6.54 Å². The van der Waals surface area contributed by atoms with Crippen molar-refractivity contribution in [3.8, 4) is 5.75 Å². The molecule has 2 aromatic rings. The summed E-state index contributed by atoms with van der Waals surface area (Å²) >= 11 is 0. The Morgan fingerprint density at radius 2 is 1.80 bits per heavy atom. The third-order valence-electron chi connectivity index (χ3n) is 4.20. The van der Waals surface area contributed by atoms with Gasteiger partial charge in [0.2, 0.25) is 0 Å². The minimum absolute atomic E-state index is 0.00677. The van der Waals surface area contributed by atoms with Crippen molar-refractivity contribution in [1.29, 1.82) is 0 Å². The van der Waals surface area contributed by atoms with Crippen LogP contribution >= 0.6 is 0 Å². The van der Waals surface area contributed by atoms with Crippen molar-refractivity contribution in [3.63, 3.8) is 0 Å². The molecule has 0 spiro atoms. The molecule has 30 heavy (non-hydrogen) atoms. The predicted octanol–water partition coefficient (Wildman–Crippen LogP) is 3.66. The zero-order chi connectivity index (χ0) is 21.9. The number of carbonyl (C=O) groups excluding carboxylic acids is 1. The zero-order valence-corrected chi connectivity index (χ0v) is 18.5. The number of aliphatic imine (C=N–C) groups is 1. The number of aryl methyl sites for hydroxylation is 1. The van der Waals surface area contributed by atoms with Crippen LogP contribution < -0.4 is 26.0 Å². The van der Waals surface area contributed by atoms with Crippen molar-refractivity contribution in [3.05, 3.63) is 59.7 Å². The Morgan fingerprint density at radius 1 is 1.07 bits per heavy atom. The Labute approximate surface area is 179 Å². The van der Waals surface area contributed by atoms with E-state index in [0.717, 1.165) is 17.0 Å². The highest BCUT2D eigenvalue weighted by Gasteiger charge is 2.07. The van der Waals surface area contributed by atoms with Crippen molar-refractivity contribution in [2.24, 2.45) is 4.99 Å². The molecule has 0 bridgehead atoms. The SMILES string of the molecule is CN=C(NCc1ccc(NC(=O)NC(C)C)cc1)NCC(C)Oc1cccc(C)c1. The molecule has 1 unspecified atom stereocenters. The number of anilines is 1. The maximum absolute atomic E-state index is 11.8. The summed E-state index contributed by atoms with van der Waals surface area (Å²) in [4.78, 5) is 16.0. The molecule has 4 N–H and O–H groups in total. The summed E-state index contributed by atoms with van der Waals surface area (Å²) in [5.74, 6) is 1.57. The van der Waals surface area contributed by atoms with E-state index in [9.17, 15) is 4.79 Å². The van der Waals surface area contributed by atoms with Crippen molar-refractivity contribution in [2.45, 2.75) is 46.4 Å². The smallest absolute Gasteiger partial charge is 0.319 e. The second-order valence-corrected chi connectivity index (χ2v) is 7.50. The molecule has 2 rings (SSSR count). The van der Waals surface area contributed by atoms with Crippen LogP contribution in [0.3, 0.4) is 0 Å². The third-order valence-corrected chi connectivity index (χ3v) is 4.20. The summed E-state index contributed by atoms with van der Waals surface area (Å²) in [7, 11) is 1.74. The van der Waals surface area contributed by atoms with Gasteiger partial charge in [0.25, 0.3) is 0 Å². The van der Waals surface area contributed by atoms with Gasteiger partial charge in [0, 0.05) is 25.3 Å². The van der Waals surface area contributed by atoms with E-state index >= 15 is 0 Å². The molecule has 0 saturated heterocycles. The van der Waals surface area contributed by atoms with Gasteiger partial charge in [-0.3, -0.25) is 4.99 Å². The molecular formula is C23H33N5O2. The molecule has 0 radical (unpaired) electrons. The average molecular weight is 412 g/mol. The van der Waals surface area contributed by atoms with E-state index in [-0.39, 0.29) is 18.2 Å². The van der Waals surface area contributed by atoms with Gasteiger partial charge in [-0.1, -0.05) is 24.3 Å². The van der Waals surface area contributed by atoms with Crippen LogP contribution in [0.15, 0.2) is 53.5 Å². The fraction of sp³-hybridized carbons (Fsp3) is 0.391. The number of hydrogen-bond donors (Lipinski definition) is 4. The van der Waals surface area contributed by atoms with Crippen LogP contribution in [-0.4, -0.2) is 37.7 Å². The van der Waals surface area contributed by atoms with Crippen LogP contribution in [0.2, 0.25) is 0 Å². The van der Waals surface area contributed by atoms with Crippen molar-refractivity contribution >= 4 is 17.7 Å². The third kappa shape index (κ3) is 8.43. The van der Waals surface area contributed by atoms with Crippen LogP contribution in [0.4, 0.5) is 10.5 Å². The van der Waals surface area contributed by atoms with Crippen LogP contribution in [0.1, 0.15) is 31.9 Å². The van der Waals surface area contributed by atoms with E-state index < -0.39 is 0 Å². The Morgan fingerprint density at radius 3 is 2.43 bits per heavy atom. The second kappa shape index (κ2) is 11.7. The minimum Gasteiger partial charge on any atom is -0.489 e. The lowest BCUT2D eigenvalue weighted by atomic mass is 10.2. The number of urea groups is 1. The molecular weight excluding hydrogens is 378 g/mol. The van der Waals surface area contributed by atoms with E-state index in [2.05, 4.69) is 26.3 Å². The lowest BCUT2D eigenvalue weighted by molar-refractivity contribution is 0.223. The van der Waals surface area contributed by atoms with Gasteiger partial charge >= 0.3 is 6.03 Å². The van der Waals surface area contributed by atoms with E-state index in [1.54, 1.807) is 7.05 Å². The first-order valence-corrected chi connectivity index (χ1v) is 10.2. The minimum atomic E-state index is -0.206. The van der Waals surface area contributed by atoms with Gasteiger partial charge in [-0.2, -0.15) is 0 Å². The largest absolute Gasteiger partial charge is 0.489 e. The molecule has 2 amide bonds. The molecule has 0 aliphatic rings. The molecule has 7 heteroatoms. The van der Waals surface area contributed by atoms with Crippen molar-refractivity contribution in [2.75, 3.05) is 18.9 Å². The van der Waals surface area contributed by atoms with E-state index in [4.69, 9.17) is 4.74 Å². The number of carbonyl (C=O) groups is 1. The van der Waals surface area contributed by atoms with E-state index in [1.807, 2.05) is 76.2 Å². The molecule has 0 aromatic heterocycles. The molecule has 0 aliphatic carbocycles. The number of amides is 2. The molecule has 1 atom stereocenters. The monoisotopic (exact) mass is 411 g/mol. The first-order valence-electron chi connectivity index (χ1n) is 10.2. The molecule has 0 saturated carbocycles. The molecule has 0 aliphatic heterocycles. The quantitative estimate of drug-likeness (QED) is 0.394. The summed E-state index contributed by atoms with van der Waals surface area (Å²) in [5.41, 5.74) is 3.00. The Hall–Kier alpha value is -3.22. The average Bonchev–Trinajstić information content (AvgIpc) is 2.68. The van der Waals surface area contributed by atoms with Gasteiger partial charge in [0.05, 0.1) is 6.54 Å². The first-order chi connectivity index (χ1) is 14.4. The highest BCUT2D eigenvalue weighted by molar-refractivity contribution is 5.89. The first kappa shape index (κ1) is 23.1. The van der Waals surface area contributed by atoms with Crippen molar-refractivity contribution in [1.82, 2.24) is 16.0 Å². The number of hydrogen-bond acceptors (Lipinski definition) is 3. The molecule has 2 aromatic carbocycles. The Bertz CT molecular complexity index is 834. The number of nitrogens with one attached hydrogen (secondary N) is 4. The van der Waals surface area contributed by atoms with Gasteiger partial charge in [-0.25, -0.2) is 4.79 Å². The van der Waals surface area contributed by atoms with Gasteiger partial charge < -0.3 is 26.0 Å². The maximum Gasteiger partial charge on any atom is 0.319 e. The van der Waals surface area contributed by atoms with Gasteiger partial charge in [-0.15, -0.1) is 0 Å². The molecule has 7 nitrogen and oxygen atoms in total. The van der Waals surface area contributed by atoms with Gasteiger partial charge in [0.1, 0.15) is 11.9 Å². The van der Waals surface area contributed by atoms with Crippen molar-refractivity contribution < 1.29 is 9.53 Å². The summed E-state index contributed by atoms with van der Waals surface area (Å²) in [6, 6.07) is 15.6. The lowest BCUT2D eigenvalue weighted by Crippen LogP contribution is -2.41. The molecule has 0 fully saturated rings. The van der Waals surface area contributed by atoms with Crippen LogP contribution in [0.5, 0.6) is 5.75 Å². The van der Waals surface area contributed by atoms with Crippen LogP contribution in [0, 0.1) is 6.92 Å². The highest BCUT2D eigenvalue weighted by atomic mass is 16.5. The fourth-order valence-electron chi connectivity index (χ4n) is 2.74. The van der Waals surface area contributed by atoms with E-state index in [0.29, 0.717) is 19.0 Å². The maximum atomic E-state index is 11.8. The number of guanidine groups is 1. The van der Waals surface area contributed by atoms with Gasteiger partial charge in [0.15, 0.2) is 5.96 Å². The van der Waals surface area contributed by atoms with E-state index in [1.165, 1.54) is 5.56 Å². The summed E-state index contributed by atoms with van der Waals surface area (Å²) in [6.07, 6.45) is -0.00677. The number of benzene rings is 2. The molecule has 162 valence electrons. The number of ether oxygens (including phenoxy) is 1. The van der Waals surface area contributed by atoms with Gasteiger partial charge in [-0.05, 0) is 63.1 Å². The Kier molecular flexibility index (Phi) is 9.00. The summed E-state index contributed by atoms with van der Waals surface area (Å²) in [5, 5.41) is 12.2. The summed E-state index contributed by atoms with van der Waals surface area (Å²) < 4.78 is 5.94. The lowest BCUT2D eigenvalue weighted by Gasteiger charge is -2.18. The standard InChI is InChI=1S/C23H33N5O2/c1-16(2)27-23(29)28-20-11-9-19(10-12-20)15-26-22(24-5)25-14-18(4)30-21-8-6-7-17(3)13-21/h6-13,16,18H,14-15H2,1-5H3,(H2,24,25,26)(H2,27,28,29). The van der Waals surface area contributed by atoms with Crippen LogP contribution in [0.25, 0.3) is 0 Å². The fourth-order valence-corrected chi connectivity index (χ4v) is 2.74. The topological polar surface area (TPSA) is 86.8 Å². The predicted molar refractivity (Wildman–Crippen MR) is 123 cm³/mol. The molecule has 0 heterocycles.